The van der Waals surface area contributed by atoms with E-state index in [0.717, 1.165) is 0 Å². The van der Waals surface area contributed by atoms with Gasteiger partial charge in [0.15, 0.2) is 0 Å². The van der Waals surface area contributed by atoms with Crippen molar-refractivity contribution in [3.63, 3.8) is 0 Å². The third-order valence-corrected chi connectivity index (χ3v) is 2.56. The maximum absolute atomic E-state index is 11.3. The number of esters is 1. The summed E-state index contributed by atoms with van der Waals surface area (Å²) >= 11 is 0. The van der Waals surface area contributed by atoms with Crippen molar-refractivity contribution in [3.05, 3.63) is 45.8 Å². The summed E-state index contributed by atoms with van der Waals surface area (Å²) in [5, 5.41) is 13.2. The van der Waals surface area contributed by atoms with Crippen molar-refractivity contribution in [3.8, 4) is 0 Å². The van der Waals surface area contributed by atoms with Crippen LogP contribution in [-0.2, 0) is 9.53 Å². The molecule has 0 aliphatic carbocycles. The van der Waals surface area contributed by atoms with Crippen LogP contribution in [0, 0.1) is 0 Å². The molecule has 0 saturated carbocycles. The van der Waals surface area contributed by atoms with Crippen molar-refractivity contribution >= 4 is 11.8 Å². The molecule has 7 nitrogen and oxygen atoms in total. The SMILES string of the molecule is COC(=O)c1ccc([C@H](O)[C@H](N=[N+]=[N-])C(C)=O)cc1. The van der Waals surface area contributed by atoms with Gasteiger partial charge in [-0.05, 0) is 30.2 Å². The molecule has 7 heteroatoms. The van der Waals surface area contributed by atoms with Crippen LogP contribution in [0.25, 0.3) is 10.4 Å². The third-order valence-electron chi connectivity index (χ3n) is 2.56. The molecule has 1 rings (SSSR count). The van der Waals surface area contributed by atoms with Crippen LogP contribution in [0.3, 0.4) is 0 Å². The van der Waals surface area contributed by atoms with E-state index >= 15 is 0 Å². The molecule has 1 aromatic rings. The van der Waals surface area contributed by atoms with E-state index in [1.54, 1.807) is 0 Å². The Labute approximate surface area is 109 Å². The quantitative estimate of drug-likeness (QED) is 0.377. The Kier molecular flexibility index (Phi) is 5.05. The van der Waals surface area contributed by atoms with Crippen molar-refractivity contribution in [1.82, 2.24) is 0 Å². The molecule has 0 aliphatic rings. The minimum absolute atomic E-state index is 0.321. The maximum atomic E-state index is 11.3. The van der Waals surface area contributed by atoms with Gasteiger partial charge in [-0.25, -0.2) is 4.79 Å². The van der Waals surface area contributed by atoms with Gasteiger partial charge in [0.25, 0.3) is 0 Å². The number of rotatable bonds is 5. The Morgan fingerprint density at radius 3 is 2.37 bits per heavy atom. The lowest BCUT2D eigenvalue weighted by atomic mass is 9.99. The molecular weight excluding hydrogens is 250 g/mol. The number of Topliss-reactive ketones (excluding diaryl/α,β-unsaturated/α-hetero) is 1. The summed E-state index contributed by atoms with van der Waals surface area (Å²) in [5.74, 6) is -0.943. The number of benzene rings is 1. The lowest BCUT2D eigenvalue weighted by molar-refractivity contribution is -0.120. The number of azide groups is 1. The number of hydrogen-bond donors (Lipinski definition) is 1. The molecule has 2 atom stereocenters. The zero-order valence-electron chi connectivity index (χ0n) is 10.5. The van der Waals surface area contributed by atoms with Crippen LogP contribution in [0.1, 0.15) is 28.9 Å². The summed E-state index contributed by atoms with van der Waals surface area (Å²) in [6.07, 6.45) is -1.25. The Hall–Kier alpha value is -2.37. The van der Waals surface area contributed by atoms with Crippen molar-refractivity contribution < 1.29 is 19.4 Å². The summed E-state index contributed by atoms with van der Waals surface area (Å²) in [5.41, 5.74) is 9.06. The Morgan fingerprint density at radius 2 is 1.95 bits per heavy atom. The predicted octanol–water partition coefficient (Wildman–Crippen LogP) is 1.77. The van der Waals surface area contributed by atoms with Gasteiger partial charge < -0.3 is 9.84 Å². The van der Waals surface area contributed by atoms with E-state index in [1.807, 2.05) is 0 Å². The highest BCUT2D eigenvalue weighted by molar-refractivity contribution is 5.89. The number of ether oxygens (including phenoxy) is 1. The smallest absolute Gasteiger partial charge is 0.337 e. The largest absolute Gasteiger partial charge is 0.465 e. The summed E-state index contributed by atoms with van der Waals surface area (Å²) in [6.45, 7) is 1.23. The Morgan fingerprint density at radius 1 is 1.37 bits per heavy atom. The summed E-state index contributed by atoms with van der Waals surface area (Å²) in [6, 6.07) is 4.67. The van der Waals surface area contributed by atoms with Gasteiger partial charge in [-0.3, -0.25) is 4.79 Å². The topological polar surface area (TPSA) is 112 Å². The van der Waals surface area contributed by atoms with Crippen LogP contribution in [0.4, 0.5) is 0 Å². The van der Waals surface area contributed by atoms with Crippen molar-refractivity contribution in [2.75, 3.05) is 7.11 Å². The molecule has 0 amide bonds. The number of ketones is 1. The molecule has 0 bridgehead atoms. The average molecular weight is 263 g/mol. The molecule has 100 valence electrons. The summed E-state index contributed by atoms with van der Waals surface area (Å²) in [7, 11) is 1.26. The highest BCUT2D eigenvalue weighted by atomic mass is 16.5. The predicted molar refractivity (Wildman–Crippen MR) is 66.4 cm³/mol. The highest BCUT2D eigenvalue weighted by Gasteiger charge is 2.24. The zero-order chi connectivity index (χ0) is 14.4. The number of methoxy groups -OCH3 is 1. The van der Waals surface area contributed by atoms with Gasteiger partial charge in [0.05, 0.1) is 18.8 Å². The van der Waals surface area contributed by atoms with Gasteiger partial charge >= 0.3 is 5.97 Å². The molecule has 0 saturated heterocycles. The van der Waals surface area contributed by atoms with Crippen LogP contribution in [0.2, 0.25) is 0 Å². The van der Waals surface area contributed by atoms with E-state index in [9.17, 15) is 14.7 Å². The third kappa shape index (κ3) is 3.54. The first-order valence-corrected chi connectivity index (χ1v) is 5.42. The molecular formula is C12H13N3O4. The number of aliphatic hydroxyl groups excluding tert-OH is 1. The first-order chi connectivity index (χ1) is 9.01. The molecule has 0 fully saturated rings. The number of carbonyl (C=O) groups excluding carboxylic acids is 2. The second kappa shape index (κ2) is 6.53. The average Bonchev–Trinajstić information content (AvgIpc) is 2.43. The molecule has 0 radical (unpaired) electrons. The molecule has 0 spiro atoms. The van der Waals surface area contributed by atoms with Gasteiger partial charge in [-0.2, -0.15) is 0 Å². The molecule has 1 N–H and O–H groups in total. The van der Waals surface area contributed by atoms with E-state index in [0.29, 0.717) is 11.1 Å². The minimum atomic E-state index is -1.25. The molecule has 19 heavy (non-hydrogen) atoms. The highest BCUT2D eigenvalue weighted by Crippen LogP contribution is 2.21. The standard InChI is InChI=1S/C12H13N3O4/c1-7(16)10(14-15-13)11(17)8-3-5-9(6-4-8)12(18)19-2/h3-6,10-11,17H,1-2H3/t10-,11+/m1/s1. The lowest BCUT2D eigenvalue weighted by Gasteiger charge is -2.16. The first-order valence-electron chi connectivity index (χ1n) is 5.42. The van der Waals surface area contributed by atoms with Gasteiger partial charge in [-0.15, -0.1) is 0 Å². The van der Waals surface area contributed by atoms with Crippen LogP contribution in [-0.4, -0.2) is 30.0 Å². The van der Waals surface area contributed by atoms with Gasteiger partial charge in [0, 0.05) is 4.91 Å². The monoisotopic (exact) mass is 263 g/mol. The maximum Gasteiger partial charge on any atom is 0.337 e. The fourth-order valence-corrected chi connectivity index (χ4v) is 1.54. The minimum Gasteiger partial charge on any atom is -0.465 e. The number of hydrogen-bond acceptors (Lipinski definition) is 5. The fourth-order valence-electron chi connectivity index (χ4n) is 1.54. The van der Waals surface area contributed by atoms with Crippen LogP contribution >= 0.6 is 0 Å². The van der Waals surface area contributed by atoms with Gasteiger partial charge in [0.1, 0.15) is 11.8 Å². The number of carbonyl (C=O) groups is 2. The number of nitrogens with zero attached hydrogens (tertiary/aromatic N) is 3. The Balaban J connectivity index is 2.99. The van der Waals surface area contributed by atoms with Gasteiger partial charge in [-0.1, -0.05) is 17.2 Å². The van der Waals surface area contributed by atoms with Crippen molar-refractivity contribution in [2.45, 2.75) is 19.1 Å². The normalized spacial score (nSPS) is 13.0. The van der Waals surface area contributed by atoms with Crippen LogP contribution in [0.15, 0.2) is 29.4 Å². The van der Waals surface area contributed by atoms with E-state index in [1.165, 1.54) is 38.3 Å². The first kappa shape index (κ1) is 14.7. The van der Waals surface area contributed by atoms with Crippen LogP contribution in [0.5, 0.6) is 0 Å². The second-order valence-corrected chi connectivity index (χ2v) is 3.82. The van der Waals surface area contributed by atoms with E-state index in [-0.39, 0.29) is 0 Å². The molecule has 0 unspecified atom stereocenters. The molecule has 0 aliphatic heterocycles. The van der Waals surface area contributed by atoms with Crippen molar-refractivity contribution in [2.24, 2.45) is 5.11 Å². The van der Waals surface area contributed by atoms with Crippen molar-refractivity contribution in [1.29, 1.82) is 0 Å². The second-order valence-electron chi connectivity index (χ2n) is 3.82. The lowest BCUT2D eigenvalue weighted by Crippen LogP contribution is -2.23. The fraction of sp³-hybridized carbons (Fsp3) is 0.333. The molecule has 0 aromatic heterocycles. The summed E-state index contributed by atoms with van der Waals surface area (Å²) in [4.78, 5) is 25.0. The molecule has 1 aromatic carbocycles. The van der Waals surface area contributed by atoms with E-state index in [2.05, 4.69) is 14.8 Å². The number of aliphatic hydroxyl groups is 1. The zero-order valence-corrected chi connectivity index (χ0v) is 10.5. The van der Waals surface area contributed by atoms with E-state index < -0.39 is 23.9 Å². The van der Waals surface area contributed by atoms with E-state index in [4.69, 9.17) is 5.53 Å². The van der Waals surface area contributed by atoms with Crippen LogP contribution < -0.4 is 0 Å². The Bertz CT molecular complexity index is 518. The molecule has 0 heterocycles. The van der Waals surface area contributed by atoms with Gasteiger partial charge in [0.2, 0.25) is 0 Å². The summed E-state index contributed by atoms with van der Waals surface area (Å²) < 4.78 is 4.54.